The maximum absolute atomic E-state index is 14.5. The van der Waals surface area contributed by atoms with Gasteiger partial charge in [0.05, 0.1) is 29.1 Å². The Morgan fingerprint density at radius 2 is 1.61 bits per heavy atom. The molecular weight excluding hydrogens is 821 g/mol. The molecule has 1 aromatic rings. The summed E-state index contributed by atoms with van der Waals surface area (Å²) in [5, 5.41) is 71.2. The Hall–Kier alpha value is -5.82. The lowest BCUT2D eigenvalue weighted by molar-refractivity contribution is -0.154. The summed E-state index contributed by atoms with van der Waals surface area (Å²) in [6.07, 6.45) is -1.25. The predicted octanol–water partition coefficient (Wildman–Crippen LogP) is -2.51. The monoisotopic (exact) mass is 868 g/mol. The molecule has 23 nitrogen and oxygen atoms in total. The van der Waals surface area contributed by atoms with Gasteiger partial charge in [0.25, 0.3) is 0 Å². The lowest BCUT2D eigenvalue weighted by Gasteiger charge is -2.32. The highest BCUT2D eigenvalue weighted by Crippen LogP contribution is 2.47. The number of halogens is 3. The first-order chi connectivity index (χ1) is 29.4. The predicted molar refractivity (Wildman–Crippen MR) is 207 cm³/mol. The molecule has 26 heteroatoms. The molecule has 13 N–H and O–H groups in total. The summed E-state index contributed by atoms with van der Waals surface area (Å²) in [5.74, 6) is -1.32. The second-order valence-electron chi connectivity index (χ2n) is 13.6. The van der Waals surface area contributed by atoms with Gasteiger partial charge in [-0.05, 0) is 30.2 Å². The average Bonchev–Trinajstić information content (AvgIpc) is 3.71. The molecule has 5 aliphatic rings. The number of terminal acetylenes is 1. The number of aliphatic hydroxyl groups excluding tert-OH is 6. The van der Waals surface area contributed by atoms with Crippen LogP contribution < -0.4 is 22.9 Å². The second kappa shape index (κ2) is 18.8. The molecule has 0 aliphatic carbocycles. The number of aliphatic hydroxyl groups is 7. The largest absolute Gasteiger partial charge is 0.393 e. The minimum atomic E-state index is -3.64. The van der Waals surface area contributed by atoms with Crippen molar-refractivity contribution in [3.8, 4) is 12.3 Å². The summed E-state index contributed by atoms with van der Waals surface area (Å²) in [7, 11) is 0. The van der Waals surface area contributed by atoms with E-state index in [1.165, 1.54) is 42.9 Å². The molecular formula is C35H45F3N12O11. The van der Waals surface area contributed by atoms with Crippen molar-refractivity contribution >= 4 is 17.5 Å². The van der Waals surface area contributed by atoms with Crippen molar-refractivity contribution in [1.82, 2.24) is 19.4 Å². The van der Waals surface area contributed by atoms with Gasteiger partial charge in [-0.3, -0.25) is 4.57 Å². The van der Waals surface area contributed by atoms with Crippen LogP contribution in [0, 0.1) is 12.3 Å². The van der Waals surface area contributed by atoms with Crippen LogP contribution in [0.3, 0.4) is 0 Å². The second-order valence-corrected chi connectivity index (χ2v) is 13.6. The van der Waals surface area contributed by atoms with Crippen LogP contribution in [-0.4, -0.2) is 159 Å². The number of azide groups is 1. The molecule has 0 aromatic carbocycles. The molecule has 11 atom stereocenters. The number of anilines is 1. The normalized spacial score (nSPS) is 35.6. The Bertz CT molecular complexity index is 2200. The first-order valence-corrected chi connectivity index (χ1v) is 17.5. The Morgan fingerprint density at radius 3 is 2.08 bits per heavy atom. The fraction of sp³-hybridized carbons (Fsp3) is 0.486. The minimum Gasteiger partial charge on any atom is -0.393 e. The summed E-state index contributed by atoms with van der Waals surface area (Å²) >= 11 is 0. The molecule has 0 amide bonds. The molecule has 0 spiro atoms. The number of nitrogens with zero attached hydrogens (tertiary/aromatic N) is 9. The van der Waals surface area contributed by atoms with Gasteiger partial charge in [-0.15, -0.1) is 13.0 Å². The number of ether oxygens (including phenoxy) is 3. The molecule has 5 aliphatic heterocycles. The molecule has 332 valence electrons. The van der Waals surface area contributed by atoms with E-state index < -0.39 is 104 Å². The van der Waals surface area contributed by atoms with Crippen molar-refractivity contribution in [3.05, 3.63) is 95.2 Å². The number of aliphatic imine (C=N–C) groups is 2. The number of alkyl halides is 3. The van der Waals surface area contributed by atoms with E-state index in [1.54, 1.807) is 0 Å². The maximum Gasteiger partial charge on any atom is 0.351 e. The standard InChI is InChI=1S/C13H17F2N3O3.C11H15FN6O3.C11H13N3O5/c1-3-5-12(7-19)10(20)13(14,15)11(21-12)18-6-4-9(16)17-8(18)2;1-6-16-7(13)2-3-18(6)10-8(12)9(20)11(5-19,21-10)4-15-17-14;1-2-11(5-15)8(17)7(16)9(19-11)14-4-3-6(12)13-10(14)18/h3-4,6,10-11,19-20H,1-2,5,7H2,(H2,16,17);2-3,8-10,19-20H,1,4-5H2,(H2,13,16);1,3-4,7-9,15-17H,5H2,(H2,12,13,18)/t10-,11-,12-;8-,9+,10-,11-;7-,8+,9-,11-/m111/s1/i;5D2;. The number of hydrogen-bond donors (Lipinski definition) is 10. The van der Waals surface area contributed by atoms with Crippen molar-refractivity contribution in [2.75, 3.05) is 32.1 Å². The van der Waals surface area contributed by atoms with E-state index in [2.05, 4.69) is 50.7 Å². The maximum atomic E-state index is 14.5. The van der Waals surface area contributed by atoms with E-state index in [4.69, 9.17) is 46.1 Å². The molecule has 61 heavy (non-hydrogen) atoms. The first kappa shape index (κ1) is 44.7. The fourth-order valence-electron chi connectivity index (χ4n) is 6.40. The van der Waals surface area contributed by atoms with Crippen LogP contribution in [0.15, 0.2) is 94.2 Å². The third-order valence-electron chi connectivity index (χ3n) is 9.72. The summed E-state index contributed by atoms with van der Waals surface area (Å²) in [6.45, 7) is 5.05. The zero-order valence-electron chi connectivity index (χ0n) is 33.8. The molecule has 0 radical (unpaired) electrons. The molecule has 0 bridgehead atoms. The van der Waals surface area contributed by atoms with Crippen molar-refractivity contribution < 1.29 is 65.9 Å². The lowest BCUT2D eigenvalue weighted by Crippen LogP contribution is -2.50. The van der Waals surface area contributed by atoms with Crippen molar-refractivity contribution in [2.45, 2.75) is 78.4 Å². The Morgan fingerprint density at radius 1 is 1.00 bits per heavy atom. The van der Waals surface area contributed by atoms with E-state index in [0.717, 1.165) is 14.4 Å². The Labute approximate surface area is 347 Å². The van der Waals surface area contributed by atoms with Crippen molar-refractivity contribution in [1.29, 1.82) is 0 Å². The van der Waals surface area contributed by atoms with Gasteiger partial charge in [0.15, 0.2) is 30.3 Å². The fourth-order valence-corrected chi connectivity index (χ4v) is 6.40. The number of nitrogen functional groups attached to an aromatic ring is 1. The van der Waals surface area contributed by atoms with Gasteiger partial charge in [-0.1, -0.05) is 30.3 Å². The van der Waals surface area contributed by atoms with Crippen LogP contribution in [-0.2, 0) is 14.2 Å². The van der Waals surface area contributed by atoms with Crippen LogP contribution in [0.1, 0.15) is 15.4 Å². The van der Waals surface area contributed by atoms with Gasteiger partial charge in [0.2, 0.25) is 6.23 Å². The molecule has 6 heterocycles. The zero-order chi connectivity index (χ0) is 47.5. The van der Waals surface area contributed by atoms with Crippen molar-refractivity contribution in [2.24, 2.45) is 26.6 Å². The third kappa shape index (κ3) is 9.12. The topological polar surface area (TPSA) is 362 Å². The molecule has 6 rings (SSSR count). The van der Waals surface area contributed by atoms with Crippen LogP contribution in [0.2, 0.25) is 0 Å². The molecule has 3 saturated heterocycles. The van der Waals surface area contributed by atoms with Gasteiger partial charge in [0, 0.05) is 23.5 Å². The van der Waals surface area contributed by atoms with Gasteiger partial charge in [0.1, 0.15) is 58.6 Å². The number of aromatic nitrogens is 2. The van der Waals surface area contributed by atoms with E-state index in [0.29, 0.717) is 0 Å². The van der Waals surface area contributed by atoms with Crippen LogP contribution in [0.5, 0.6) is 0 Å². The summed E-state index contributed by atoms with van der Waals surface area (Å²) < 4.78 is 74.9. The molecule has 0 saturated carbocycles. The van der Waals surface area contributed by atoms with E-state index >= 15 is 0 Å². The minimum absolute atomic E-state index is 0.00272. The summed E-state index contributed by atoms with van der Waals surface area (Å²) in [5.41, 5.74) is 17.8. The number of rotatable bonds is 10. The van der Waals surface area contributed by atoms with E-state index in [9.17, 15) is 53.7 Å². The lowest BCUT2D eigenvalue weighted by atomic mass is 9.92. The van der Waals surface area contributed by atoms with Gasteiger partial charge >= 0.3 is 11.6 Å². The van der Waals surface area contributed by atoms with Gasteiger partial charge in [-0.25, -0.2) is 19.2 Å². The van der Waals surface area contributed by atoms with Crippen molar-refractivity contribution in [3.63, 3.8) is 0 Å². The molecule has 1 aromatic heterocycles. The van der Waals surface area contributed by atoms with Crippen LogP contribution in [0.4, 0.5) is 19.0 Å². The Balaban J connectivity index is 0.000000208. The molecule has 3 fully saturated rings. The Kier molecular flexibility index (Phi) is 13.8. The molecule has 0 unspecified atom stereocenters. The SMILES string of the molecule is C#C[C@]1(CO)O[C@@H](n2ccc(N)nc2=O)[C@H](O)[C@@H]1O.C=CC[C@]1(CO)O[C@@H](N2C=CC(N)=NC2=C)C(F)(F)[C@@H]1O.[2H]C([2H])(O)[C@@]1(CN=[N+]=[N-])O[C@@H](N2C=CC(N)=NC2=C)[C@H](F)[C@@H]1O. The third-order valence-corrected chi connectivity index (χ3v) is 9.72. The number of hydrogen-bond acceptors (Lipinski definition) is 20. The highest BCUT2D eigenvalue weighted by atomic mass is 19.3. The zero-order valence-corrected chi connectivity index (χ0v) is 31.8. The highest BCUT2D eigenvalue weighted by molar-refractivity contribution is 5.93. The van der Waals surface area contributed by atoms with E-state index in [1.807, 2.05) is 0 Å². The quantitative estimate of drug-likeness (QED) is 0.0381. The van der Waals surface area contributed by atoms with E-state index in [-0.39, 0.29) is 35.6 Å². The number of nitrogens with two attached hydrogens (primary N) is 3. The van der Waals surface area contributed by atoms with Crippen LogP contribution in [0.25, 0.3) is 10.4 Å². The van der Waals surface area contributed by atoms with Gasteiger partial charge < -0.3 is 77.0 Å². The van der Waals surface area contributed by atoms with Gasteiger partial charge in [-0.2, -0.15) is 13.8 Å². The first-order valence-electron chi connectivity index (χ1n) is 18.5. The highest BCUT2D eigenvalue weighted by Gasteiger charge is 2.67. The summed E-state index contributed by atoms with van der Waals surface area (Å²) in [6, 6.07) is 1.33. The van der Waals surface area contributed by atoms with Crippen LogP contribution >= 0.6 is 0 Å². The average molecular weight is 869 g/mol. The smallest absolute Gasteiger partial charge is 0.351 e. The number of amidine groups is 2. The summed E-state index contributed by atoms with van der Waals surface area (Å²) in [4.78, 5) is 27.2.